The van der Waals surface area contributed by atoms with Crippen molar-refractivity contribution in [3.63, 3.8) is 0 Å². The summed E-state index contributed by atoms with van der Waals surface area (Å²) in [5.41, 5.74) is -1.78. The van der Waals surface area contributed by atoms with Gasteiger partial charge >= 0.3 is 5.97 Å². The second kappa shape index (κ2) is 5.35. The molecule has 2 rings (SSSR count). The first kappa shape index (κ1) is 15.3. The summed E-state index contributed by atoms with van der Waals surface area (Å²) < 4.78 is 5.58. The van der Waals surface area contributed by atoms with Crippen LogP contribution in [0, 0.1) is 11.3 Å². The maximum Gasteiger partial charge on any atom is 0.330 e. The SMILES string of the molecule is CCOC1CC(NC(=O)CC2CCC2)(C(=O)O)C1(C)C. The number of carbonyl (C=O) groups excluding carboxylic acids is 1. The fourth-order valence-corrected chi connectivity index (χ4v) is 3.29. The zero-order valence-corrected chi connectivity index (χ0v) is 12.6. The summed E-state index contributed by atoms with van der Waals surface area (Å²) in [5.74, 6) is -0.660. The van der Waals surface area contributed by atoms with E-state index < -0.39 is 16.9 Å². The molecule has 0 spiro atoms. The van der Waals surface area contributed by atoms with E-state index in [1.165, 1.54) is 6.42 Å². The molecule has 0 aromatic rings. The highest BCUT2D eigenvalue weighted by Gasteiger charge is 2.66. The number of ether oxygens (including phenoxy) is 1. The van der Waals surface area contributed by atoms with E-state index >= 15 is 0 Å². The van der Waals surface area contributed by atoms with E-state index in [0.29, 0.717) is 25.4 Å². The first-order valence-electron chi connectivity index (χ1n) is 7.49. The number of rotatable bonds is 6. The van der Waals surface area contributed by atoms with Gasteiger partial charge in [0.05, 0.1) is 6.10 Å². The monoisotopic (exact) mass is 283 g/mol. The molecule has 0 bridgehead atoms. The number of carboxylic acids is 1. The van der Waals surface area contributed by atoms with Crippen molar-refractivity contribution in [2.24, 2.45) is 11.3 Å². The Hall–Kier alpha value is -1.10. The first-order valence-corrected chi connectivity index (χ1v) is 7.49. The fourth-order valence-electron chi connectivity index (χ4n) is 3.29. The third-order valence-electron chi connectivity index (χ3n) is 5.18. The van der Waals surface area contributed by atoms with E-state index in [-0.39, 0.29) is 12.0 Å². The van der Waals surface area contributed by atoms with Crippen LogP contribution in [-0.4, -0.2) is 35.2 Å². The summed E-state index contributed by atoms with van der Waals surface area (Å²) in [6.07, 6.45) is 4.02. The highest BCUT2D eigenvalue weighted by molar-refractivity contribution is 5.89. The molecule has 2 fully saturated rings. The Balaban J connectivity index is 2.03. The van der Waals surface area contributed by atoms with Crippen molar-refractivity contribution in [2.75, 3.05) is 6.61 Å². The molecule has 0 radical (unpaired) electrons. The van der Waals surface area contributed by atoms with Crippen LogP contribution in [0.2, 0.25) is 0 Å². The quantitative estimate of drug-likeness (QED) is 0.781. The van der Waals surface area contributed by atoms with Crippen LogP contribution in [0.1, 0.15) is 52.9 Å². The number of carboxylic acid groups (broad SMARTS) is 1. The molecular weight excluding hydrogens is 258 g/mol. The summed E-state index contributed by atoms with van der Waals surface area (Å²) in [6, 6.07) is 0. The van der Waals surface area contributed by atoms with Crippen molar-refractivity contribution in [2.45, 2.75) is 64.5 Å². The molecule has 2 saturated carbocycles. The predicted molar refractivity (Wildman–Crippen MR) is 74.3 cm³/mol. The predicted octanol–water partition coefficient (Wildman–Crippen LogP) is 1.95. The van der Waals surface area contributed by atoms with Gasteiger partial charge in [-0.05, 0) is 25.7 Å². The summed E-state index contributed by atoms with van der Waals surface area (Å²) in [5, 5.41) is 12.4. The highest BCUT2D eigenvalue weighted by atomic mass is 16.5. The zero-order valence-electron chi connectivity index (χ0n) is 12.6. The van der Waals surface area contributed by atoms with E-state index in [1.54, 1.807) is 0 Å². The van der Waals surface area contributed by atoms with Gasteiger partial charge in [0, 0.05) is 24.9 Å². The molecule has 2 aliphatic rings. The third kappa shape index (κ3) is 2.32. The smallest absolute Gasteiger partial charge is 0.330 e. The number of nitrogens with one attached hydrogen (secondary N) is 1. The largest absolute Gasteiger partial charge is 0.479 e. The van der Waals surface area contributed by atoms with Gasteiger partial charge in [-0.3, -0.25) is 4.79 Å². The lowest BCUT2D eigenvalue weighted by Crippen LogP contribution is -2.76. The van der Waals surface area contributed by atoms with Crippen LogP contribution in [0.3, 0.4) is 0 Å². The molecule has 5 heteroatoms. The van der Waals surface area contributed by atoms with Crippen LogP contribution >= 0.6 is 0 Å². The Labute approximate surface area is 120 Å². The minimum absolute atomic E-state index is 0.118. The average Bonchev–Trinajstić information content (AvgIpc) is 2.32. The van der Waals surface area contributed by atoms with Gasteiger partial charge in [-0.1, -0.05) is 20.3 Å². The van der Waals surface area contributed by atoms with Gasteiger partial charge < -0.3 is 15.2 Å². The molecule has 5 nitrogen and oxygen atoms in total. The number of carbonyl (C=O) groups is 2. The summed E-state index contributed by atoms with van der Waals surface area (Å²) >= 11 is 0. The van der Waals surface area contributed by atoms with Gasteiger partial charge in [0.2, 0.25) is 5.91 Å². The Kier molecular flexibility index (Phi) is 4.09. The number of hydrogen-bond donors (Lipinski definition) is 2. The lowest BCUT2D eigenvalue weighted by molar-refractivity contribution is -0.194. The lowest BCUT2D eigenvalue weighted by Gasteiger charge is -2.58. The number of hydrogen-bond acceptors (Lipinski definition) is 3. The third-order valence-corrected chi connectivity index (χ3v) is 5.18. The van der Waals surface area contributed by atoms with E-state index in [0.717, 1.165) is 12.8 Å². The summed E-state index contributed by atoms with van der Waals surface area (Å²) in [7, 11) is 0. The Morgan fingerprint density at radius 2 is 2.00 bits per heavy atom. The first-order chi connectivity index (χ1) is 9.33. The van der Waals surface area contributed by atoms with Crippen molar-refractivity contribution in [3.05, 3.63) is 0 Å². The molecule has 2 atom stereocenters. The van der Waals surface area contributed by atoms with Crippen molar-refractivity contribution < 1.29 is 19.4 Å². The molecule has 0 saturated heterocycles. The Morgan fingerprint density at radius 3 is 2.40 bits per heavy atom. The summed E-state index contributed by atoms with van der Waals surface area (Å²) in [6.45, 7) is 6.16. The molecule has 2 unspecified atom stereocenters. The average molecular weight is 283 g/mol. The summed E-state index contributed by atoms with van der Waals surface area (Å²) in [4.78, 5) is 23.8. The maximum atomic E-state index is 12.1. The molecule has 114 valence electrons. The van der Waals surface area contributed by atoms with E-state index in [9.17, 15) is 14.7 Å². The second-order valence-corrected chi connectivity index (χ2v) is 6.63. The lowest BCUT2D eigenvalue weighted by atomic mass is 9.54. The van der Waals surface area contributed by atoms with Crippen LogP contribution < -0.4 is 5.32 Å². The number of amides is 1. The van der Waals surface area contributed by atoms with Crippen LogP contribution in [0.4, 0.5) is 0 Å². The normalized spacial score (nSPS) is 32.0. The van der Waals surface area contributed by atoms with Crippen molar-refractivity contribution in [1.29, 1.82) is 0 Å². The van der Waals surface area contributed by atoms with E-state index in [1.807, 2.05) is 20.8 Å². The molecule has 0 heterocycles. The van der Waals surface area contributed by atoms with Gasteiger partial charge in [0.1, 0.15) is 5.54 Å². The molecule has 2 N–H and O–H groups in total. The van der Waals surface area contributed by atoms with Crippen molar-refractivity contribution in [3.8, 4) is 0 Å². The minimum atomic E-state index is -1.19. The Morgan fingerprint density at radius 1 is 1.35 bits per heavy atom. The highest BCUT2D eigenvalue weighted by Crippen LogP contribution is 2.51. The van der Waals surface area contributed by atoms with Crippen LogP contribution in [0.15, 0.2) is 0 Å². The number of aliphatic carboxylic acids is 1. The van der Waals surface area contributed by atoms with Gasteiger partial charge in [-0.15, -0.1) is 0 Å². The zero-order chi connectivity index (χ0) is 15.0. The standard InChI is InChI=1S/C15H25NO4/c1-4-20-11-9-15(13(18)19,14(11,2)3)16-12(17)8-10-6-5-7-10/h10-11H,4-9H2,1-3H3,(H,16,17)(H,18,19). The van der Waals surface area contributed by atoms with Crippen LogP contribution in [0.25, 0.3) is 0 Å². The minimum Gasteiger partial charge on any atom is -0.479 e. The fraction of sp³-hybridized carbons (Fsp3) is 0.867. The maximum absolute atomic E-state index is 12.1. The Bertz CT molecular complexity index is 403. The molecule has 0 aromatic heterocycles. The molecule has 0 aromatic carbocycles. The molecule has 20 heavy (non-hydrogen) atoms. The van der Waals surface area contributed by atoms with Gasteiger partial charge in [-0.25, -0.2) is 4.79 Å². The van der Waals surface area contributed by atoms with Crippen molar-refractivity contribution in [1.82, 2.24) is 5.32 Å². The topological polar surface area (TPSA) is 75.6 Å². The van der Waals surface area contributed by atoms with E-state index in [2.05, 4.69) is 5.32 Å². The van der Waals surface area contributed by atoms with Gasteiger partial charge in [-0.2, -0.15) is 0 Å². The second-order valence-electron chi connectivity index (χ2n) is 6.63. The molecular formula is C15H25NO4. The molecule has 0 aliphatic heterocycles. The molecule has 1 amide bonds. The van der Waals surface area contributed by atoms with Crippen molar-refractivity contribution >= 4 is 11.9 Å². The van der Waals surface area contributed by atoms with E-state index in [4.69, 9.17) is 4.74 Å². The molecule has 2 aliphatic carbocycles. The van der Waals surface area contributed by atoms with Gasteiger partial charge in [0.25, 0.3) is 0 Å². The van der Waals surface area contributed by atoms with Gasteiger partial charge in [0.15, 0.2) is 0 Å². The van der Waals surface area contributed by atoms with Crippen LogP contribution in [-0.2, 0) is 14.3 Å². The van der Waals surface area contributed by atoms with Crippen LogP contribution in [0.5, 0.6) is 0 Å².